The predicted molar refractivity (Wildman–Crippen MR) is 56.5 cm³/mol. The van der Waals surface area contributed by atoms with E-state index in [2.05, 4.69) is 13.6 Å². The first-order valence-corrected chi connectivity index (χ1v) is 9.14. The van der Waals surface area contributed by atoms with Gasteiger partial charge in [-0.2, -0.15) is 34.7 Å². The second-order valence-electron chi connectivity index (χ2n) is 3.45. The van der Waals surface area contributed by atoms with Gasteiger partial charge in [0.2, 0.25) is 0 Å². The summed E-state index contributed by atoms with van der Waals surface area (Å²) in [7, 11) is -18.0. The first-order chi connectivity index (χ1) is 9.54. The average molecular weight is 409 g/mol. The van der Waals surface area contributed by atoms with Crippen molar-refractivity contribution < 1.29 is 52.2 Å². The van der Waals surface area contributed by atoms with Crippen molar-refractivity contribution in [1.29, 1.82) is 0 Å². The van der Waals surface area contributed by atoms with Crippen molar-refractivity contribution in [2.45, 2.75) is 12.4 Å². The number of halogens is 10. The fraction of sp³-hybridized carbons (Fsp3) is 1.00. The highest BCUT2D eigenvalue weighted by atomic mass is 31.3. The Kier molecular flexibility index (Phi) is 5.52. The lowest BCUT2D eigenvalue weighted by molar-refractivity contribution is -0.153. The summed E-state index contributed by atoms with van der Waals surface area (Å²) in [5.74, 6) is 0. The summed E-state index contributed by atoms with van der Waals surface area (Å²) in [5, 5.41) is 0. The molecular weight excluding hydrogens is 405 g/mol. The van der Waals surface area contributed by atoms with E-state index in [9.17, 15) is 43.1 Å². The Morgan fingerprint density at radius 3 is 1.36 bits per heavy atom. The normalized spacial score (nSPS) is 31.9. The number of rotatable bonds is 4. The van der Waals surface area contributed by atoms with E-state index in [0.717, 1.165) is 0 Å². The Labute approximate surface area is 116 Å². The standard InChI is InChI=1S/C4H4F10N3O2P3/c5-3(6,7)1-18-21(13)15-20(11,12)16-22(14,17-21)19-2-4(8,9)10/h1-2H2. The van der Waals surface area contributed by atoms with Crippen molar-refractivity contribution >= 4 is 23.3 Å². The Balaban J connectivity index is 3.14. The van der Waals surface area contributed by atoms with E-state index in [1.807, 2.05) is 9.03 Å². The van der Waals surface area contributed by atoms with Crippen LogP contribution < -0.4 is 0 Å². The molecule has 0 aromatic carbocycles. The van der Waals surface area contributed by atoms with Crippen LogP contribution in [0.2, 0.25) is 0 Å². The second kappa shape index (κ2) is 6.08. The highest BCUT2D eigenvalue weighted by Crippen LogP contribution is 2.81. The fourth-order valence-electron chi connectivity index (χ4n) is 0.869. The molecule has 0 radical (unpaired) electrons. The lowest BCUT2D eigenvalue weighted by Crippen LogP contribution is -2.16. The molecule has 0 fully saturated rings. The van der Waals surface area contributed by atoms with Gasteiger partial charge in [0.25, 0.3) is 0 Å². The van der Waals surface area contributed by atoms with E-state index < -0.39 is 48.9 Å². The van der Waals surface area contributed by atoms with Crippen molar-refractivity contribution in [2.24, 2.45) is 13.5 Å². The van der Waals surface area contributed by atoms with Gasteiger partial charge in [0, 0.05) is 0 Å². The lowest BCUT2D eigenvalue weighted by atomic mass is 10.7. The zero-order valence-corrected chi connectivity index (χ0v) is 12.4. The summed E-state index contributed by atoms with van der Waals surface area (Å²) in [4.78, 5) is 0. The van der Waals surface area contributed by atoms with Crippen molar-refractivity contribution in [3.8, 4) is 0 Å². The minimum absolute atomic E-state index is 1.88. The SMILES string of the molecule is FC(F)(F)COP1(F)=NP(F)(F)=NP(F)(OCC(F)(F)F)=N1. The van der Waals surface area contributed by atoms with Gasteiger partial charge in [0.05, 0.1) is 0 Å². The second-order valence-corrected chi connectivity index (χ2v) is 8.91. The molecule has 132 valence electrons. The van der Waals surface area contributed by atoms with Crippen LogP contribution in [0.25, 0.3) is 0 Å². The number of hydrogen-bond acceptors (Lipinski definition) is 5. The Morgan fingerprint density at radius 1 is 0.636 bits per heavy atom. The maximum Gasteiger partial charge on any atom is 0.425 e. The molecule has 5 nitrogen and oxygen atoms in total. The maximum atomic E-state index is 13.7. The third kappa shape index (κ3) is 6.99. The minimum Gasteiger partial charge on any atom is -0.294 e. The topological polar surface area (TPSA) is 55.5 Å². The van der Waals surface area contributed by atoms with Crippen LogP contribution in [0.4, 0.5) is 43.1 Å². The van der Waals surface area contributed by atoms with Gasteiger partial charge >= 0.3 is 35.7 Å². The Hall–Kier alpha value is -0.0900. The van der Waals surface area contributed by atoms with E-state index in [0.29, 0.717) is 0 Å². The summed E-state index contributed by atoms with van der Waals surface area (Å²) < 4.78 is 137. The molecule has 2 atom stereocenters. The van der Waals surface area contributed by atoms with Crippen molar-refractivity contribution in [1.82, 2.24) is 0 Å². The van der Waals surface area contributed by atoms with Crippen LogP contribution in [-0.4, -0.2) is 25.6 Å². The first-order valence-electron chi connectivity index (χ1n) is 4.66. The van der Waals surface area contributed by atoms with E-state index in [4.69, 9.17) is 0 Å². The maximum absolute atomic E-state index is 13.7. The van der Waals surface area contributed by atoms with Crippen molar-refractivity contribution in [3.05, 3.63) is 0 Å². The van der Waals surface area contributed by atoms with E-state index in [1.165, 1.54) is 0 Å². The van der Waals surface area contributed by atoms with E-state index in [-0.39, 0.29) is 0 Å². The third-order valence-electron chi connectivity index (χ3n) is 1.44. The molecule has 1 rings (SSSR count). The highest BCUT2D eigenvalue weighted by molar-refractivity contribution is 7.77. The molecule has 0 aromatic rings. The lowest BCUT2D eigenvalue weighted by Gasteiger charge is -2.21. The molecule has 1 aliphatic rings. The molecule has 18 heteroatoms. The molecule has 1 aliphatic heterocycles. The summed E-state index contributed by atoms with van der Waals surface area (Å²) in [5.41, 5.74) is 0. The Bertz CT molecular complexity index is 566. The molecule has 0 saturated heterocycles. The smallest absolute Gasteiger partial charge is 0.294 e. The number of hydrogen-bond donors (Lipinski definition) is 0. The molecule has 0 amide bonds. The molecule has 0 spiro atoms. The van der Waals surface area contributed by atoms with Crippen LogP contribution in [-0.2, 0) is 9.05 Å². The van der Waals surface area contributed by atoms with Crippen LogP contribution in [0.15, 0.2) is 13.5 Å². The molecule has 2 unspecified atom stereocenters. The van der Waals surface area contributed by atoms with Gasteiger partial charge in [0.15, 0.2) is 13.2 Å². The van der Waals surface area contributed by atoms with Crippen molar-refractivity contribution in [2.75, 3.05) is 13.2 Å². The van der Waals surface area contributed by atoms with Crippen LogP contribution in [0.5, 0.6) is 0 Å². The largest absolute Gasteiger partial charge is 0.425 e. The quantitative estimate of drug-likeness (QED) is 0.376. The van der Waals surface area contributed by atoms with Gasteiger partial charge in [-0.3, -0.25) is 9.05 Å². The van der Waals surface area contributed by atoms with E-state index >= 15 is 0 Å². The monoisotopic (exact) mass is 409 g/mol. The van der Waals surface area contributed by atoms with Crippen LogP contribution >= 0.6 is 23.3 Å². The van der Waals surface area contributed by atoms with Crippen LogP contribution in [0, 0.1) is 0 Å². The average Bonchev–Trinajstić information content (AvgIpc) is 2.19. The predicted octanol–water partition coefficient (Wildman–Crippen LogP) is 6.87. The molecule has 0 bridgehead atoms. The molecule has 0 aromatic heterocycles. The molecular formula is C4H4F10N3O2P3. The highest BCUT2D eigenvalue weighted by Gasteiger charge is 2.44. The van der Waals surface area contributed by atoms with Gasteiger partial charge < -0.3 is 0 Å². The number of alkyl halides is 6. The van der Waals surface area contributed by atoms with Gasteiger partial charge in [-0.1, -0.05) is 0 Å². The molecule has 1 heterocycles. The summed E-state index contributed by atoms with van der Waals surface area (Å²) in [6.45, 7) is -4.88. The summed E-state index contributed by atoms with van der Waals surface area (Å²) in [6, 6.07) is 0. The summed E-state index contributed by atoms with van der Waals surface area (Å²) in [6.07, 6.45) is -10.4. The van der Waals surface area contributed by atoms with Gasteiger partial charge in [0.1, 0.15) is 0 Å². The fourth-order valence-corrected chi connectivity index (χ4v) is 6.92. The molecule has 22 heavy (non-hydrogen) atoms. The summed E-state index contributed by atoms with van der Waals surface area (Å²) >= 11 is 0. The minimum atomic E-state index is -6.22. The van der Waals surface area contributed by atoms with Crippen LogP contribution in [0.1, 0.15) is 0 Å². The van der Waals surface area contributed by atoms with Gasteiger partial charge in [-0.15, -0.1) is 21.9 Å². The van der Waals surface area contributed by atoms with Crippen molar-refractivity contribution in [3.63, 3.8) is 0 Å². The zero-order valence-electron chi connectivity index (χ0n) is 9.69. The molecule has 0 saturated carbocycles. The Morgan fingerprint density at radius 2 is 1.00 bits per heavy atom. The zero-order chi connectivity index (χ0) is 17.4. The number of nitrogens with zero attached hydrogens (tertiary/aromatic N) is 3. The molecule has 0 aliphatic carbocycles. The van der Waals surface area contributed by atoms with E-state index in [1.54, 1.807) is 0 Å². The van der Waals surface area contributed by atoms with Crippen LogP contribution in [0.3, 0.4) is 0 Å². The van der Waals surface area contributed by atoms with Gasteiger partial charge in [-0.25, -0.2) is 0 Å². The first kappa shape index (κ1) is 20.0. The molecule has 0 N–H and O–H groups in total. The third-order valence-corrected chi connectivity index (χ3v) is 7.61. The van der Waals surface area contributed by atoms with Gasteiger partial charge in [-0.05, 0) is 0 Å².